The fourth-order valence-electron chi connectivity index (χ4n) is 1.71. The number of carbonyl (C=O) groups excluding carboxylic acids is 1. The van der Waals surface area contributed by atoms with Crippen LogP contribution in [0.15, 0.2) is 29.8 Å². The molecule has 92 valence electrons. The highest BCUT2D eigenvalue weighted by Gasteiger charge is 2.04. The van der Waals surface area contributed by atoms with Gasteiger partial charge >= 0.3 is 0 Å². The summed E-state index contributed by atoms with van der Waals surface area (Å²) >= 11 is 0. The van der Waals surface area contributed by atoms with Crippen molar-refractivity contribution in [1.29, 1.82) is 0 Å². The molecule has 0 fully saturated rings. The normalized spacial score (nSPS) is 11.6. The summed E-state index contributed by atoms with van der Waals surface area (Å²) in [6, 6.07) is 6.32. The minimum Gasteiger partial charge on any atom is -0.295 e. The molecular weight excluding hydrogens is 215 g/mol. The summed E-state index contributed by atoms with van der Waals surface area (Å²) < 4.78 is 13.0. The molecule has 0 spiro atoms. The second kappa shape index (κ2) is 7.00. The minimum atomic E-state index is -0.268. The van der Waals surface area contributed by atoms with E-state index in [9.17, 15) is 9.18 Å². The number of halogens is 1. The van der Waals surface area contributed by atoms with E-state index >= 15 is 0 Å². The van der Waals surface area contributed by atoms with Gasteiger partial charge in [0.15, 0.2) is 5.78 Å². The summed E-state index contributed by atoms with van der Waals surface area (Å²) in [5, 5.41) is 0. The number of unbranched alkanes of at least 4 members (excludes halogenated alkanes) is 2. The zero-order valence-electron chi connectivity index (χ0n) is 10.5. The lowest BCUT2D eigenvalue weighted by Crippen LogP contribution is -1.97. The van der Waals surface area contributed by atoms with Gasteiger partial charge < -0.3 is 0 Å². The second-order valence-corrected chi connectivity index (χ2v) is 4.24. The average molecular weight is 234 g/mol. The number of hydrogen-bond acceptors (Lipinski definition) is 1. The summed E-state index contributed by atoms with van der Waals surface area (Å²) in [6.07, 6.45) is 5.83. The van der Waals surface area contributed by atoms with Gasteiger partial charge in [-0.3, -0.25) is 4.79 Å². The third-order valence-electron chi connectivity index (χ3n) is 2.69. The number of Topliss-reactive ketones (excluding diaryl/α,β-unsaturated/α-hetero) is 1. The zero-order valence-corrected chi connectivity index (χ0v) is 10.5. The summed E-state index contributed by atoms with van der Waals surface area (Å²) in [5.74, 6) is -0.194. The molecule has 17 heavy (non-hydrogen) atoms. The highest BCUT2D eigenvalue weighted by atomic mass is 19.1. The van der Waals surface area contributed by atoms with Crippen LogP contribution >= 0.6 is 0 Å². The zero-order chi connectivity index (χ0) is 12.7. The van der Waals surface area contributed by atoms with Crippen molar-refractivity contribution in [3.8, 4) is 0 Å². The molecule has 1 aromatic carbocycles. The van der Waals surface area contributed by atoms with E-state index in [1.807, 2.05) is 6.07 Å². The smallest absolute Gasteiger partial charge is 0.155 e. The van der Waals surface area contributed by atoms with Crippen molar-refractivity contribution in [2.24, 2.45) is 0 Å². The SMILES string of the molecule is CCCCCC(=Cc1cccc(F)c1)C(C)=O. The molecule has 0 aliphatic rings. The Hall–Kier alpha value is -1.44. The van der Waals surface area contributed by atoms with Crippen molar-refractivity contribution in [2.75, 3.05) is 0 Å². The van der Waals surface area contributed by atoms with Crippen LogP contribution in [0.3, 0.4) is 0 Å². The lowest BCUT2D eigenvalue weighted by atomic mass is 10.0. The highest BCUT2D eigenvalue weighted by molar-refractivity contribution is 5.97. The van der Waals surface area contributed by atoms with Gasteiger partial charge in [0.05, 0.1) is 0 Å². The molecule has 0 N–H and O–H groups in total. The maximum Gasteiger partial charge on any atom is 0.155 e. The fraction of sp³-hybridized carbons (Fsp3) is 0.400. The van der Waals surface area contributed by atoms with E-state index in [-0.39, 0.29) is 11.6 Å². The predicted molar refractivity (Wildman–Crippen MR) is 69.2 cm³/mol. The molecule has 0 amide bonds. The second-order valence-electron chi connectivity index (χ2n) is 4.24. The van der Waals surface area contributed by atoms with Crippen LogP contribution in [0.5, 0.6) is 0 Å². The Labute approximate surface area is 102 Å². The first kappa shape index (κ1) is 13.6. The van der Waals surface area contributed by atoms with Gasteiger partial charge in [-0.25, -0.2) is 4.39 Å². The van der Waals surface area contributed by atoms with E-state index < -0.39 is 0 Å². The Balaban J connectivity index is 2.79. The first-order chi connectivity index (χ1) is 8.13. The third-order valence-corrected chi connectivity index (χ3v) is 2.69. The van der Waals surface area contributed by atoms with Gasteiger partial charge in [0.1, 0.15) is 5.82 Å². The van der Waals surface area contributed by atoms with Crippen LogP contribution in [0.25, 0.3) is 6.08 Å². The average Bonchev–Trinajstić information content (AvgIpc) is 2.28. The molecule has 0 atom stereocenters. The Bertz CT molecular complexity index is 407. The number of allylic oxidation sites excluding steroid dienone is 1. The van der Waals surface area contributed by atoms with Gasteiger partial charge in [0.25, 0.3) is 0 Å². The summed E-state index contributed by atoms with van der Waals surface area (Å²) in [7, 11) is 0. The molecule has 0 heterocycles. The van der Waals surface area contributed by atoms with Crippen LogP contribution in [-0.2, 0) is 4.79 Å². The van der Waals surface area contributed by atoms with E-state index in [0.717, 1.165) is 36.8 Å². The van der Waals surface area contributed by atoms with Crippen LogP contribution in [0.4, 0.5) is 4.39 Å². The first-order valence-corrected chi connectivity index (χ1v) is 6.10. The Morgan fingerprint density at radius 1 is 1.35 bits per heavy atom. The topological polar surface area (TPSA) is 17.1 Å². The minimum absolute atomic E-state index is 0.0744. The predicted octanol–water partition coefficient (Wildman–Crippen LogP) is 4.38. The largest absolute Gasteiger partial charge is 0.295 e. The van der Waals surface area contributed by atoms with Gasteiger partial charge in [0, 0.05) is 0 Å². The van der Waals surface area contributed by atoms with Crippen LogP contribution in [0, 0.1) is 5.82 Å². The Kier molecular flexibility index (Phi) is 5.61. The standard InChI is InChI=1S/C15H19FO/c1-3-4-5-8-14(12(2)17)10-13-7-6-9-15(16)11-13/h6-7,9-11H,3-5,8H2,1-2H3. The summed E-state index contributed by atoms with van der Waals surface area (Å²) in [5.41, 5.74) is 1.54. The van der Waals surface area contributed by atoms with E-state index in [2.05, 4.69) is 6.92 Å². The first-order valence-electron chi connectivity index (χ1n) is 6.10. The van der Waals surface area contributed by atoms with Crippen molar-refractivity contribution in [3.63, 3.8) is 0 Å². The van der Waals surface area contributed by atoms with Gasteiger partial charge in [-0.05, 0) is 49.1 Å². The van der Waals surface area contributed by atoms with Crippen molar-refractivity contribution in [2.45, 2.75) is 39.5 Å². The number of rotatable bonds is 6. The molecule has 0 saturated carbocycles. The van der Waals surface area contributed by atoms with Crippen LogP contribution in [-0.4, -0.2) is 5.78 Å². The lowest BCUT2D eigenvalue weighted by Gasteiger charge is -2.03. The molecule has 0 aliphatic heterocycles. The number of ketones is 1. The van der Waals surface area contributed by atoms with Crippen molar-refractivity contribution >= 4 is 11.9 Å². The van der Waals surface area contributed by atoms with Crippen LogP contribution in [0.2, 0.25) is 0 Å². The summed E-state index contributed by atoms with van der Waals surface area (Å²) in [4.78, 5) is 11.5. The van der Waals surface area contributed by atoms with E-state index in [4.69, 9.17) is 0 Å². The molecule has 1 nitrogen and oxygen atoms in total. The maximum atomic E-state index is 13.0. The van der Waals surface area contributed by atoms with E-state index in [1.54, 1.807) is 19.1 Å². The Morgan fingerprint density at radius 3 is 2.71 bits per heavy atom. The molecule has 0 aliphatic carbocycles. The van der Waals surface area contributed by atoms with Gasteiger partial charge in [-0.15, -0.1) is 0 Å². The molecule has 0 aromatic heterocycles. The van der Waals surface area contributed by atoms with E-state index in [1.165, 1.54) is 12.1 Å². The van der Waals surface area contributed by atoms with Gasteiger partial charge in [-0.2, -0.15) is 0 Å². The van der Waals surface area contributed by atoms with Crippen LogP contribution in [0.1, 0.15) is 45.1 Å². The molecule has 0 radical (unpaired) electrons. The monoisotopic (exact) mass is 234 g/mol. The maximum absolute atomic E-state index is 13.0. The summed E-state index contributed by atoms with van der Waals surface area (Å²) in [6.45, 7) is 3.70. The van der Waals surface area contributed by atoms with Crippen molar-refractivity contribution in [1.82, 2.24) is 0 Å². The van der Waals surface area contributed by atoms with Crippen LogP contribution < -0.4 is 0 Å². The number of carbonyl (C=O) groups is 1. The van der Waals surface area contributed by atoms with Gasteiger partial charge in [0.2, 0.25) is 0 Å². The third kappa shape index (κ3) is 4.94. The van der Waals surface area contributed by atoms with Crippen molar-refractivity contribution < 1.29 is 9.18 Å². The molecule has 0 unspecified atom stereocenters. The quantitative estimate of drug-likeness (QED) is 0.527. The van der Waals surface area contributed by atoms with Gasteiger partial charge in [-0.1, -0.05) is 31.9 Å². The molecule has 1 aromatic rings. The Morgan fingerprint density at radius 2 is 2.12 bits per heavy atom. The highest BCUT2D eigenvalue weighted by Crippen LogP contribution is 2.15. The molecule has 0 bridgehead atoms. The van der Waals surface area contributed by atoms with Crippen molar-refractivity contribution in [3.05, 3.63) is 41.2 Å². The molecular formula is C15H19FO. The number of hydrogen-bond donors (Lipinski definition) is 0. The molecule has 2 heteroatoms. The van der Waals surface area contributed by atoms with E-state index in [0.29, 0.717) is 0 Å². The molecule has 1 rings (SSSR count). The lowest BCUT2D eigenvalue weighted by molar-refractivity contribution is -0.113. The molecule has 0 saturated heterocycles. The fourth-order valence-corrected chi connectivity index (χ4v) is 1.71. The number of benzene rings is 1.